The summed E-state index contributed by atoms with van der Waals surface area (Å²) in [7, 11) is -9.48. The third-order valence-corrected chi connectivity index (χ3v) is 6.16. The normalized spacial score (nSPS) is 10.8. The Balaban J connectivity index is 0.000000212. The van der Waals surface area contributed by atoms with Crippen molar-refractivity contribution in [2.75, 3.05) is 0 Å². The summed E-state index contributed by atoms with van der Waals surface area (Å²) >= 11 is 0. The van der Waals surface area contributed by atoms with Gasteiger partial charge in [-0.25, -0.2) is 16.8 Å². The topological polar surface area (TPSA) is 198 Å². The van der Waals surface area contributed by atoms with Crippen molar-refractivity contribution in [3.63, 3.8) is 0 Å². The fourth-order valence-electron chi connectivity index (χ4n) is 2.74. The largest absolute Gasteiger partial charge is 0.744 e. The predicted octanol–water partition coefficient (Wildman–Crippen LogP) is 1.44. The van der Waals surface area contributed by atoms with Gasteiger partial charge in [0.1, 0.15) is 20.2 Å². The zero-order valence-corrected chi connectivity index (χ0v) is 19.9. The highest BCUT2D eigenvalue weighted by molar-refractivity contribution is 7.86. The summed E-state index contributed by atoms with van der Waals surface area (Å²) in [6, 6.07) is 22.8. The third-order valence-electron chi connectivity index (χ3n) is 4.37. The predicted molar refractivity (Wildman–Crippen MR) is 126 cm³/mol. The Kier molecular flexibility index (Phi) is 9.41. The van der Waals surface area contributed by atoms with E-state index in [-0.39, 0.29) is 33.1 Å². The van der Waals surface area contributed by atoms with Gasteiger partial charge in [-0.15, -0.1) is 0 Å². The zero-order valence-electron chi connectivity index (χ0n) is 18.3. The number of hydrogen-bond donors (Lipinski definition) is 2. The van der Waals surface area contributed by atoms with Gasteiger partial charge in [0, 0.05) is 22.9 Å². The standard InChI is InChI=1S/C10H8O6S2.2C7H6O2/c11-17(12,13)9-5-1-3-7-8(9)4-2-6-10(7)18(14,15)16;2*8-6-4-2-1-3-5-7(6)9/h1-6H,(H,11,12,13)(H,14,15,16);2*1-5H,(H,8,9). The van der Waals surface area contributed by atoms with E-state index in [0.29, 0.717) is 0 Å². The second-order valence-electron chi connectivity index (χ2n) is 6.88. The first-order valence-corrected chi connectivity index (χ1v) is 12.7. The number of benzene rings is 2. The molecule has 0 heterocycles. The van der Waals surface area contributed by atoms with Crippen molar-refractivity contribution < 1.29 is 45.7 Å². The lowest BCUT2D eigenvalue weighted by Gasteiger charge is -2.14. The molecule has 4 N–H and O–H groups in total. The number of rotatable bonds is 2. The Morgan fingerprint density at radius 2 is 0.833 bits per heavy atom. The highest BCUT2D eigenvalue weighted by Crippen LogP contribution is 2.27. The molecule has 10 nitrogen and oxygen atoms in total. The highest BCUT2D eigenvalue weighted by atomic mass is 32.2. The van der Waals surface area contributed by atoms with E-state index in [9.17, 15) is 25.9 Å². The maximum Gasteiger partial charge on any atom is 0.381 e. The third kappa shape index (κ3) is 7.99. The lowest BCUT2D eigenvalue weighted by molar-refractivity contribution is 0.438. The molecule has 4 aromatic carbocycles. The van der Waals surface area contributed by atoms with E-state index in [1.165, 1.54) is 48.5 Å². The van der Waals surface area contributed by atoms with Crippen LogP contribution in [0.25, 0.3) is 10.8 Å². The van der Waals surface area contributed by atoms with Gasteiger partial charge in [-0.3, -0.25) is 9.59 Å². The molecule has 0 atom stereocenters. The van der Waals surface area contributed by atoms with E-state index in [1.807, 2.05) is 0 Å². The van der Waals surface area contributed by atoms with Crippen LogP contribution in [0.3, 0.4) is 0 Å². The molecule has 0 amide bonds. The summed E-state index contributed by atoms with van der Waals surface area (Å²) in [5, 5.41) is 17.5. The van der Waals surface area contributed by atoms with Crippen molar-refractivity contribution in [2.45, 2.75) is 9.79 Å². The fourth-order valence-corrected chi connectivity index (χ4v) is 4.13. The Hall–Kier alpha value is -4.10. The first-order chi connectivity index (χ1) is 16.8. The Labute approximate surface area is 205 Å². The summed E-state index contributed by atoms with van der Waals surface area (Å²) in [6.45, 7) is 0. The molecule has 4 rings (SSSR count). The minimum Gasteiger partial charge on any atom is -0.744 e. The lowest BCUT2D eigenvalue weighted by atomic mass is 10.1. The first kappa shape index (κ1) is 28.1. The van der Waals surface area contributed by atoms with Gasteiger partial charge >= 0.3 is 10.9 Å². The second kappa shape index (κ2) is 12.0. The molecule has 4 aromatic rings. The number of hydrogen-bond acceptors (Lipinski definition) is 8. The van der Waals surface area contributed by atoms with Gasteiger partial charge in [0.15, 0.2) is 0 Å². The monoisotopic (exact) mass is 532 g/mol. The van der Waals surface area contributed by atoms with Crippen LogP contribution in [0.2, 0.25) is 0 Å². The van der Waals surface area contributed by atoms with Crippen LogP contribution in [0.15, 0.2) is 107 Å². The average molecular weight is 533 g/mol. The van der Waals surface area contributed by atoms with Crippen molar-refractivity contribution in [3.8, 4) is 11.5 Å². The minimum atomic E-state index is -4.74. The van der Waals surface area contributed by atoms with Crippen LogP contribution in [0, 0.1) is 0 Å². The molecule has 0 aliphatic rings. The summed E-state index contributed by atoms with van der Waals surface area (Å²) in [5.41, 5.74) is -0.194. The van der Waals surface area contributed by atoms with Crippen molar-refractivity contribution >= 4 is 31.0 Å². The summed E-state index contributed by atoms with van der Waals surface area (Å²) < 4.78 is 66.1. The van der Waals surface area contributed by atoms with E-state index >= 15 is 0 Å². The quantitative estimate of drug-likeness (QED) is 0.285. The summed E-state index contributed by atoms with van der Waals surface area (Å²) in [6.07, 6.45) is 0. The molecule has 0 aliphatic carbocycles. The van der Waals surface area contributed by atoms with Crippen LogP contribution in [0.5, 0.6) is 11.5 Å². The number of fused-ring (bicyclic) bond motifs is 1. The van der Waals surface area contributed by atoms with Crippen LogP contribution in [-0.2, 0) is 20.2 Å². The Bertz CT molecular complexity index is 1570. The molecule has 0 fully saturated rings. The van der Waals surface area contributed by atoms with Gasteiger partial charge in [-0.2, -0.15) is 0 Å². The van der Waals surface area contributed by atoms with E-state index in [2.05, 4.69) is 0 Å². The SMILES string of the molecule is O=S(=O)([O-])c1cccc2c(S(=O)(=O)[O-])cccc12.Oc1cccccc1=[OH+].Oc1cccccc1=[OH+]. The molecule has 0 unspecified atom stereocenters. The molecule has 0 saturated carbocycles. The van der Waals surface area contributed by atoms with Crippen molar-refractivity contribution in [3.05, 3.63) is 108 Å². The van der Waals surface area contributed by atoms with Gasteiger partial charge in [0.25, 0.3) is 0 Å². The maximum atomic E-state index is 11.0. The molecule has 188 valence electrons. The van der Waals surface area contributed by atoms with Crippen LogP contribution in [-0.4, -0.2) is 45.7 Å². The van der Waals surface area contributed by atoms with Crippen molar-refractivity contribution in [1.29, 1.82) is 0 Å². The van der Waals surface area contributed by atoms with E-state index in [1.54, 1.807) is 36.4 Å². The zero-order chi connectivity index (χ0) is 26.9. The van der Waals surface area contributed by atoms with Gasteiger partial charge in [0.05, 0.1) is 9.79 Å². The average Bonchev–Trinajstić information content (AvgIpc) is 3.12. The molecule has 0 radical (unpaired) electrons. The van der Waals surface area contributed by atoms with Crippen LogP contribution < -0.4 is 10.9 Å². The second-order valence-corrected chi connectivity index (χ2v) is 9.57. The van der Waals surface area contributed by atoms with E-state index in [4.69, 9.17) is 19.8 Å². The molecule has 0 bridgehead atoms. The minimum absolute atomic E-state index is 0.0792. The van der Waals surface area contributed by atoms with Gasteiger partial charge < -0.3 is 19.3 Å². The van der Waals surface area contributed by atoms with Crippen LogP contribution in [0.1, 0.15) is 0 Å². The molecule has 0 spiro atoms. The molecular formula is C24H20O10S2. The maximum absolute atomic E-state index is 11.0. The Morgan fingerprint density at radius 1 is 0.500 bits per heavy atom. The van der Waals surface area contributed by atoms with E-state index in [0.717, 1.165) is 12.1 Å². The number of aromatic hydroxyl groups is 2. The molecule has 0 aliphatic heterocycles. The summed E-state index contributed by atoms with van der Waals surface area (Å²) in [4.78, 5) is 16.6. The molecule has 0 aromatic heterocycles. The lowest BCUT2D eigenvalue weighted by Crippen LogP contribution is -2.03. The van der Waals surface area contributed by atoms with Crippen LogP contribution >= 0.6 is 0 Å². The fraction of sp³-hybridized carbons (Fsp3) is 0. The summed E-state index contributed by atoms with van der Waals surface area (Å²) in [5.74, 6) is -0.194. The first-order valence-electron chi connectivity index (χ1n) is 9.86. The van der Waals surface area contributed by atoms with Crippen LogP contribution in [0.4, 0.5) is 0 Å². The van der Waals surface area contributed by atoms with Gasteiger partial charge in [-0.1, -0.05) is 60.7 Å². The van der Waals surface area contributed by atoms with Gasteiger partial charge in [0.2, 0.25) is 11.5 Å². The van der Waals surface area contributed by atoms with Crippen molar-refractivity contribution in [2.24, 2.45) is 0 Å². The molecular weight excluding hydrogens is 512 g/mol. The smallest absolute Gasteiger partial charge is 0.381 e. The van der Waals surface area contributed by atoms with Gasteiger partial charge in [-0.05, 0) is 24.3 Å². The Morgan fingerprint density at radius 3 is 1.17 bits per heavy atom. The highest BCUT2D eigenvalue weighted by Gasteiger charge is 2.12. The molecule has 36 heavy (non-hydrogen) atoms. The molecule has 12 heteroatoms. The van der Waals surface area contributed by atoms with E-state index < -0.39 is 30.0 Å². The van der Waals surface area contributed by atoms with Crippen molar-refractivity contribution in [1.82, 2.24) is 0 Å². The molecule has 0 saturated heterocycles.